The van der Waals surface area contributed by atoms with E-state index < -0.39 is 10.1 Å². The van der Waals surface area contributed by atoms with Gasteiger partial charge >= 0.3 is 0 Å². The number of hydrogen-bond acceptors (Lipinski definition) is 3. The molecule has 0 saturated heterocycles. The van der Waals surface area contributed by atoms with Crippen LogP contribution < -0.4 is 0 Å². The molecule has 0 spiro atoms. The summed E-state index contributed by atoms with van der Waals surface area (Å²) in [6.07, 6.45) is 3.39. The van der Waals surface area contributed by atoms with E-state index in [1.54, 1.807) is 24.3 Å². The molecular weight excluding hydrogens is 296 g/mol. The van der Waals surface area contributed by atoms with Crippen molar-refractivity contribution < 1.29 is 12.6 Å². The van der Waals surface area contributed by atoms with E-state index in [0.717, 1.165) is 24.0 Å². The number of hydrogen-bond donors (Lipinski definition) is 0. The molecule has 0 aliphatic heterocycles. The third-order valence-electron chi connectivity index (χ3n) is 4.19. The van der Waals surface area contributed by atoms with Gasteiger partial charge in [-0.15, -0.1) is 0 Å². The van der Waals surface area contributed by atoms with E-state index in [9.17, 15) is 8.42 Å². The summed E-state index contributed by atoms with van der Waals surface area (Å²) in [7, 11) is -3.70. The fourth-order valence-electron chi connectivity index (χ4n) is 3.01. The Morgan fingerprint density at radius 2 is 1.77 bits per heavy atom. The van der Waals surface area contributed by atoms with Crippen LogP contribution in [0.5, 0.6) is 0 Å². The van der Waals surface area contributed by atoms with E-state index in [0.29, 0.717) is 0 Å². The van der Waals surface area contributed by atoms with Gasteiger partial charge in [0, 0.05) is 0 Å². The molecule has 0 heterocycles. The number of fused-ring (bicyclic) bond motifs is 1. The van der Waals surface area contributed by atoms with Gasteiger partial charge in [0.2, 0.25) is 0 Å². The van der Waals surface area contributed by atoms with Crippen molar-refractivity contribution in [3.05, 3.63) is 64.2 Å². The summed E-state index contributed by atoms with van der Waals surface area (Å²) < 4.78 is 29.7. The van der Waals surface area contributed by atoms with E-state index in [2.05, 4.69) is 13.0 Å². The minimum atomic E-state index is -3.70. The molecule has 3 nitrogen and oxygen atoms in total. The summed E-state index contributed by atoms with van der Waals surface area (Å²) in [5.41, 5.74) is 5.94. The molecule has 1 aliphatic rings. The summed E-state index contributed by atoms with van der Waals surface area (Å²) in [5.74, 6) is 0. The lowest BCUT2D eigenvalue weighted by Crippen LogP contribution is -2.07. The van der Waals surface area contributed by atoms with Crippen molar-refractivity contribution in [2.45, 2.75) is 44.6 Å². The van der Waals surface area contributed by atoms with E-state index in [4.69, 9.17) is 4.18 Å². The zero-order valence-corrected chi connectivity index (χ0v) is 13.7. The zero-order valence-electron chi connectivity index (χ0n) is 12.9. The third kappa shape index (κ3) is 3.08. The summed E-state index contributed by atoms with van der Waals surface area (Å²) in [5, 5.41) is 0. The average Bonchev–Trinajstić information content (AvgIpc) is 2.95. The van der Waals surface area contributed by atoms with Crippen molar-refractivity contribution in [3.8, 4) is 0 Å². The lowest BCUT2D eigenvalue weighted by atomic mass is 10.0. The highest BCUT2D eigenvalue weighted by molar-refractivity contribution is 7.86. The maximum atomic E-state index is 12.2. The van der Waals surface area contributed by atoms with Gasteiger partial charge in [-0.05, 0) is 67.5 Å². The van der Waals surface area contributed by atoms with Gasteiger partial charge in [0.05, 0.1) is 11.5 Å². The molecule has 0 atom stereocenters. The van der Waals surface area contributed by atoms with Gasteiger partial charge in [0.25, 0.3) is 10.1 Å². The highest BCUT2D eigenvalue weighted by Gasteiger charge is 2.17. The van der Waals surface area contributed by atoms with Crippen LogP contribution in [0.1, 0.15) is 34.2 Å². The first-order valence-electron chi connectivity index (χ1n) is 7.53. The van der Waals surface area contributed by atoms with Gasteiger partial charge in [0.15, 0.2) is 0 Å². The minimum absolute atomic E-state index is 0.0876. The molecular formula is C18H20O3S. The Labute approximate surface area is 132 Å². The molecule has 0 unspecified atom stereocenters. The predicted molar refractivity (Wildman–Crippen MR) is 86.4 cm³/mol. The van der Waals surface area contributed by atoms with Gasteiger partial charge < -0.3 is 0 Å². The molecule has 2 aromatic rings. The Kier molecular flexibility index (Phi) is 4.06. The van der Waals surface area contributed by atoms with E-state index in [1.165, 1.54) is 23.1 Å². The average molecular weight is 316 g/mol. The third-order valence-corrected chi connectivity index (χ3v) is 5.47. The largest absolute Gasteiger partial charge is 0.297 e. The second-order valence-electron chi connectivity index (χ2n) is 5.93. The van der Waals surface area contributed by atoms with Gasteiger partial charge in [0.1, 0.15) is 0 Å². The Bertz CT molecular complexity index is 790. The van der Waals surface area contributed by atoms with Gasteiger partial charge in [-0.2, -0.15) is 8.42 Å². The molecule has 0 saturated carbocycles. The van der Waals surface area contributed by atoms with Crippen LogP contribution >= 0.6 is 0 Å². The van der Waals surface area contributed by atoms with E-state index >= 15 is 0 Å². The fraction of sp³-hybridized carbons (Fsp3) is 0.333. The van der Waals surface area contributed by atoms with Gasteiger partial charge in [-0.25, -0.2) is 0 Å². The Hall–Kier alpha value is -1.65. The lowest BCUT2D eigenvalue weighted by molar-refractivity contribution is 0.308. The maximum Gasteiger partial charge on any atom is 0.297 e. The van der Waals surface area contributed by atoms with Crippen molar-refractivity contribution in [2.24, 2.45) is 0 Å². The van der Waals surface area contributed by atoms with Crippen molar-refractivity contribution in [3.63, 3.8) is 0 Å². The molecule has 3 rings (SSSR count). The van der Waals surface area contributed by atoms with E-state index in [-0.39, 0.29) is 11.5 Å². The highest BCUT2D eigenvalue weighted by Crippen LogP contribution is 2.27. The zero-order chi connectivity index (χ0) is 15.7. The lowest BCUT2D eigenvalue weighted by Gasteiger charge is -2.10. The van der Waals surface area contributed by atoms with Gasteiger partial charge in [-0.3, -0.25) is 4.18 Å². The summed E-state index contributed by atoms with van der Waals surface area (Å²) in [6.45, 7) is 4.09. The molecule has 116 valence electrons. The highest BCUT2D eigenvalue weighted by atomic mass is 32.2. The molecule has 0 aromatic heterocycles. The second-order valence-corrected chi connectivity index (χ2v) is 7.55. The summed E-state index contributed by atoms with van der Waals surface area (Å²) >= 11 is 0. The number of rotatable bonds is 4. The van der Waals surface area contributed by atoms with Crippen molar-refractivity contribution in [1.82, 2.24) is 0 Å². The van der Waals surface area contributed by atoms with Crippen molar-refractivity contribution in [2.75, 3.05) is 0 Å². The molecule has 4 heteroatoms. The van der Waals surface area contributed by atoms with Crippen LogP contribution in [0.15, 0.2) is 41.3 Å². The number of benzene rings is 2. The Balaban J connectivity index is 1.77. The van der Waals surface area contributed by atoms with Crippen LogP contribution in [0, 0.1) is 13.8 Å². The van der Waals surface area contributed by atoms with Gasteiger partial charge in [-0.1, -0.05) is 29.8 Å². The summed E-state index contributed by atoms with van der Waals surface area (Å²) in [4.78, 5) is 0.205. The first-order valence-corrected chi connectivity index (χ1v) is 8.94. The molecule has 2 aromatic carbocycles. The quantitative estimate of drug-likeness (QED) is 0.808. The standard InChI is InChI=1S/C18H20O3S/c1-13-6-8-17(9-7-13)22(19,20)21-12-15-10-14(2)18-5-3-4-16(18)11-15/h6-11H,3-5,12H2,1-2H3. The molecule has 1 aliphatic carbocycles. The molecule has 0 amide bonds. The van der Waals surface area contributed by atoms with Crippen LogP contribution in [-0.2, 0) is 33.7 Å². The van der Waals surface area contributed by atoms with Crippen LogP contribution in [0.2, 0.25) is 0 Å². The van der Waals surface area contributed by atoms with Crippen LogP contribution in [-0.4, -0.2) is 8.42 Å². The molecule has 0 bridgehead atoms. The summed E-state index contributed by atoms with van der Waals surface area (Å²) in [6, 6.07) is 10.8. The SMILES string of the molecule is Cc1ccc(S(=O)(=O)OCc2cc(C)c3c(c2)CCC3)cc1. The first-order chi connectivity index (χ1) is 10.5. The predicted octanol–water partition coefficient (Wildman–Crippen LogP) is 3.70. The Morgan fingerprint density at radius 1 is 1.05 bits per heavy atom. The van der Waals surface area contributed by atoms with E-state index in [1.807, 2.05) is 13.0 Å². The van der Waals surface area contributed by atoms with Crippen LogP contribution in [0.4, 0.5) is 0 Å². The monoisotopic (exact) mass is 316 g/mol. The topological polar surface area (TPSA) is 43.4 Å². The van der Waals surface area contributed by atoms with Crippen molar-refractivity contribution in [1.29, 1.82) is 0 Å². The second kappa shape index (κ2) is 5.86. The fourth-order valence-corrected chi connectivity index (χ4v) is 3.91. The molecule has 22 heavy (non-hydrogen) atoms. The van der Waals surface area contributed by atoms with Crippen LogP contribution in [0.3, 0.4) is 0 Å². The smallest absolute Gasteiger partial charge is 0.262 e. The maximum absolute atomic E-state index is 12.2. The molecule has 0 fully saturated rings. The minimum Gasteiger partial charge on any atom is -0.262 e. The van der Waals surface area contributed by atoms with Crippen molar-refractivity contribution >= 4 is 10.1 Å². The Morgan fingerprint density at radius 3 is 2.50 bits per heavy atom. The normalized spacial score (nSPS) is 14.1. The van der Waals surface area contributed by atoms with Crippen LogP contribution in [0.25, 0.3) is 0 Å². The molecule has 0 radical (unpaired) electrons. The number of aryl methyl sites for hydroxylation is 3. The first kappa shape index (κ1) is 15.3. The molecule has 0 N–H and O–H groups in total.